The molecule has 0 unspecified atom stereocenters. The Hall–Kier alpha value is -1.71. The van der Waals surface area contributed by atoms with Crippen LogP contribution in [0.1, 0.15) is 38.8 Å². The summed E-state index contributed by atoms with van der Waals surface area (Å²) in [7, 11) is -2.43. The van der Waals surface area contributed by atoms with E-state index in [2.05, 4.69) is 15.0 Å². The fourth-order valence-electron chi connectivity index (χ4n) is 1.94. The second kappa shape index (κ2) is 6.81. The van der Waals surface area contributed by atoms with Crippen LogP contribution in [0.2, 0.25) is 0 Å². The quantitative estimate of drug-likeness (QED) is 0.821. The van der Waals surface area contributed by atoms with E-state index in [1.54, 1.807) is 24.5 Å². The zero-order chi connectivity index (χ0) is 17.2. The van der Waals surface area contributed by atoms with Crippen molar-refractivity contribution in [3.8, 4) is 0 Å². The largest absolute Gasteiger partial charge is 0.448 e. The molecule has 0 spiro atoms. The van der Waals surface area contributed by atoms with Gasteiger partial charge in [0.25, 0.3) is 15.9 Å². The maximum Gasteiger partial charge on any atom is 0.273 e. The lowest BCUT2D eigenvalue weighted by atomic mass is 10.2. The smallest absolute Gasteiger partial charge is 0.273 e. The topological polar surface area (TPSA) is 101 Å². The second-order valence-electron chi connectivity index (χ2n) is 5.16. The summed E-state index contributed by atoms with van der Waals surface area (Å²) in [6, 6.07) is 1.23. The summed E-state index contributed by atoms with van der Waals surface area (Å²) >= 11 is 1.59. The molecule has 0 aliphatic rings. The molecule has 0 aromatic carbocycles. The first kappa shape index (κ1) is 17.6. The van der Waals surface area contributed by atoms with Crippen LogP contribution in [0.4, 0.5) is 0 Å². The minimum atomic E-state index is -3.71. The van der Waals surface area contributed by atoms with Crippen molar-refractivity contribution >= 4 is 27.3 Å². The van der Waals surface area contributed by atoms with Crippen LogP contribution in [-0.4, -0.2) is 32.9 Å². The highest BCUT2D eigenvalue weighted by atomic mass is 32.2. The molecule has 2 rings (SSSR count). The number of furan rings is 1. The summed E-state index contributed by atoms with van der Waals surface area (Å²) in [6.45, 7) is 5.91. The van der Waals surface area contributed by atoms with Gasteiger partial charge in [0.1, 0.15) is 5.76 Å². The van der Waals surface area contributed by atoms with E-state index in [1.807, 2.05) is 13.8 Å². The van der Waals surface area contributed by atoms with Gasteiger partial charge >= 0.3 is 0 Å². The lowest BCUT2D eigenvalue weighted by Crippen LogP contribution is -2.27. The highest BCUT2D eigenvalue weighted by Crippen LogP contribution is 2.21. The summed E-state index contributed by atoms with van der Waals surface area (Å²) in [5, 5.41) is 3.46. The van der Waals surface area contributed by atoms with E-state index in [0.29, 0.717) is 6.54 Å². The minimum Gasteiger partial charge on any atom is -0.448 e. The Kier molecular flexibility index (Phi) is 5.23. The Balaban J connectivity index is 2.07. The molecule has 2 N–H and O–H groups in total. The highest BCUT2D eigenvalue weighted by molar-refractivity contribution is 7.89. The van der Waals surface area contributed by atoms with Crippen LogP contribution in [0.3, 0.4) is 0 Å². The Labute approximate surface area is 139 Å². The number of thiazole rings is 1. The molecule has 0 bridgehead atoms. The highest BCUT2D eigenvalue weighted by Gasteiger charge is 2.23. The number of sulfonamides is 1. The van der Waals surface area contributed by atoms with Gasteiger partial charge in [-0.2, -0.15) is 0 Å². The molecule has 0 saturated heterocycles. The summed E-state index contributed by atoms with van der Waals surface area (Å²) in [5.41, 5.74) is 0.210. The normalized spacial score (nSPS) is 13.0. The van der Waals surface area contributed by atoms with Gasteiger partial charge in [0, 0.05) is 29.6 Å². The molecule has 23 heavy (non-hydrogen) atoms. The number of hydrogen-bond acceptors (Lipinski definition) is 6. The molecule has 0 saturated carbocycles. The van der Waals surface area contributed by atoms with Crippen molar-refractivity contribution in [3.63, 3.8) is 0 Å². The van der Waals surface area contributed by atoms with Crippen LogP contribution in [0.25, 0.3) is 0 Å². The van der Waals surface area contributed by atoms with Crippen LogP contribution >= 0.6 is 11.3 Å². The molecule has 2 aromatic rings. The molecule has 7 nitrogen and oxygen atoms in total. The number of aromatic nitrogens is 1. The maximum atomic E-state index is 12.2. The van der Waals surface area contributed by atoms with Gasteiger partial charge in [0.2, 0.25) is 5.09 Å². The average Bonchev–Trinajstić information content (AvgIpc) is 3.11. The van der Waals surface area contributed by atoms with E-state index in [1.165, 1.54) is 13.1 Å². The molecule has 2 heterocycles. The molecule has 9 heteroatoms. The second-order valence-corrected chi connectivity index (χ2v) is 8.25. The van der Waals surface area contributed by atoms with E-state index in [-0.39, 0.29) is 28.2 Å². The van der Waals surface area contributed by atoms with E-state index < -0.39 is 10.0 Å². The van der Waals surface area contributed by atoms with Crippen LogP contribution in [0.15, 0.2) is 21.8 Å². The number of nitrogens with zero attached hydrogens (tertiary/aromatic N) is 1. The SMILES string of the molecule is CNS(=O)(=O)c1cc(C(=O)NC[C@@H](C)c2ncc(C)s2)c(C)o1. The number of nitrogens with one attached hydrogen (secondary N) is 2. The molecule has 0 aliphatic heterocycles. The number of hydrogen-bond donors (Lipinski definition) is 2. The van der Waals surface area contributed by atoms with Crippen molar-refractivity contribution in [2.75, 3.05) is 13.6 Å². The van der Waals surface area contributed by atoms with Crippen LogP contribution < -0.4 is 10.0 Å². The molecular formula is C14H19N3O4S2. The van der Waals surface area contributed by atoms with Gasteiger partial charge in [-0.1, -0.05) is 6.92 Å². The third kappa shape index (κ3) is 3.98. The Bertz CT molecular complexity index is 808. The number of carbonyl (C=O) groups excluding carboxylic acids is 1. The summed E-state index contributed by atoms with van der Waals surface area (Å²) in [5.74, 6) is -0.0385. The van der Waals surface area contributed by atoms with Crippen molar-refractivity contribution in [2.24, 2.45) is 0 Å². The number of amides is 1. The lowest BCUT2D eigenvalue weighted by molar-refractivity contribution is 0.0950. The third-order valence-electron chi connectivity index (χ3n) is 3.30. The molecular weight excluding hydrogens is 338 g/mol. The first-order valence-electron chi connectivity index (χ1n) is 6.99. The Morgan fingerprint density at radius 2 is 2.13 bits per heavy atom. The number of aryl methyl sites for hydroxylation is 2. The number of carbonyl (C=O) groups is 1. The van der Waals surface area contributed by atoms with Gasteiger partial charge in [-0.3, -0.25) is 4.79 Å². The molecule has 2 aromatic heterocycles. The molecule has 0 fully saturated rings. The van der Waals surface area contributed by atoms with Crippen molar-refractivity contribution in [1.29, 1.82) is 0 Å². The van der Waals surface area contributed by atoms with Crippen LogP contribution in [0.5, 0.6) is 0 Å². The monoisotopic (exact) mass is 357 g/mol. The van der Waals surface area contributed by atoms with Crippen molar-refractivity contribution in [3.05, 3.63) is 33.5 Å². The fraction of sp³-hybridized carbons (Fsp3) is 0.429. The van der Waals surface area contributed by atoms with Crippen molar-refractivity contribution in [2.45, 2.75) is 31.8 Å². The number of rotatable bonds is 6. The molecule has 126 valence electrons. The standard InChI is InChI=1S/C14H19N3O4S2/c1-8(14-17-7-9(2)22-14)6-16-13(18)11-5-12(21-10(11)3)23(19,20)15-4/h5,7-8,15H,6H2,1-4H3,(H,16,18)/t8-/m1/s1. The van der Waals surface area contributed by atoms with E-state index >= 15 is 0 Å². The first-order valence-corrected chi connectivity index (χ1v) is 9.29. The van der Waals surface area contributed by atoms with E-state index in [9.17, 15) is 13.2 Å². The van der Waals surface area contributed by atoms with Crippen molar-refractivity contribution < 1.29 is 17.6 Å². The molecule has 0 aliphatic carbocycles. The van der Waals surface area contributed by atoms with Crippen LogP contribution in [0, 0.1) is 13.8 Å². The van der Waals surface area contributed by atoms with Gasteiger partial charge in [0.15, 0.2) is 0 Å². The zero-order valence-corrected chi connectivity index (χ0v) is 15.0. The summed E-state index contributed by atoms with van der Waals surface area (Å²) in [4.78, 5) is 17.6. The molecule has 1 atom stereocenters. The van der Waals surface area contributed by atoms with Gasteiger partial charge in [-0.25, -0.2) is 18.1 Å². The minimum absolute atomic E-state index is 0.0744. The Morgan fingerprint density at radius 1 is 1.43 bits per heavy atom. The predicted octanol–water partition coefficient (Wildman–Crippen LogP) is 1.79. The fourth-order valence-corrected chi connectivity index (χ4v) is 3.48. The third-order valence-corrected chi connectivity index (χ3v) is 5.72. The molecule has 1 amide bonds. The Morgan fingerprint density at radius 3 is 2.70 bits per heavy atom. The van der Waals surface area contributed by atoms with Gasteiger partial charge < -0.3 is 9.73 Å². The van der Waals surface area contributed by atoms with E-state index in [0.717, 1.165) is 9.88 Å². The molecule has 0 radical (unpaired) electrons. The maximum absolute atomic E-state index is 12.2. The van der Waals surface area contributed by atoms with Crippen molar-refractivity contribution in [1.82, 2.24) is 15.0 Å². The van der Waals surface area contributed by atoms with Gasteiger partial charge in [-0.15, -0.1) is 11.3 Å². The predicted molar refractivity (Wildman–Crippen MR) is 87.3 cm³/mol. The lowest BCUT2D eigenvalue weighted by Gasteiger charge is -2.09. The van der Waals surface area contributed by atoms with E-state index in [4.69, 9.17) is 4.42 Å². The first-order chi connectivity index (χ1) is 10.7. The zero-order valence-electron chi connectivity index (χ0n) is 13.3. The van der Waals surface area contributed by atoms with Crippen LogP contribution in [-0.2, 0) is 10.0 Å². The average molecular weight is 357 g/mol. The summed E-state index contributed by atoms with van der Waals surface area (Å²) in [6.07, 6.45) is 1.80. The van der Waals surface area contributed by atoms with Gasteiger partial charge in [-0.05, 0) is 20.9 Å². The van der Waals surface area contributed by atoms with Gasteiger partial charge in [0.05, 0.1) is 10.6 Å². The summed E-state index contributed by atoms with van der Waals surface area (Å²) < 4.78 is 30.7.